The molecule has 0 aliphatic heterocycles. The van der Waals surface area contributed by atoms with Crippen LogP contribution < -0.4 is 5.32 Å². The molecule has 0 spiro atoms. The molecular weight excluding hydrogens is 258 g/mol. The minimum absolute atomic E-state index is 0.479. The number of aryl methyl sites for hydroxylation is 1. The topological polar surface area (TPSA) is 29.9 Å². The van der Waals surface area contributed by atoms with Gasteiger partial charge in [-0.25, -0.2) is 4.68 Å². The van der Waals surface area contributed by atoms with Gasteiger partial charge in [-0.05, 0) is 31.5 Å². The Bertz CT molecular complexity index is 573. The van der Waals surface area contributed by atoms with Gasteiger partial charge in [0.1, 0.15) is 0 Å². The van der Waals surface area contributed by atoms with E-state index in [0.717, 1.165) is 28.6 Å². The van der Waals surface area contributed by atoms with E-state index in [1.807, 2.05) is 18.5 Å². The summed E-state index contributed by atoms with van der Waals surface area (Å²) in [5.41, 5.74) is 4.14. The molecule has 0 radical (unpaired) electrons. The van der Waals surface area contributed by atoms with Crippen molar-refractivity contribution in [1.82, 2.24) is 15.1 Å². The number of nitrogens with one attached hydrogen (secondary N) is 1. The Kier molecular flexibility index (Phi) is 4.27. The number of benzene rings is 1. The van der Waals surface area contributed by atoms with Crippen molar-refractivity contribution < 1.29 is 0 Å². The van der Waals surface area contributed by atoms with Crippen LogP contribution in [0.3, 0.4) is 0 Å². The smallest absolute Gasteiger partial charge is 0.0848 e. The Morgan fingerprint density at radius 2 is 2.05 bits per heavy atom. The molecule has 2 aromatic rings. The third kappa shape index (κ3) is 3.17. The summed E-state index contributed by atoms with van der Waals surface area (Å²) in [6.07, 6.45) is 0. The van der Waals surface area contributed by atoms with Gasteiger partial charge in [0.25, 0.3) is 0 Å². The maximum atomic E-state index is 6.20. The second kappa shape index (κ2) is 5.76. The first-order valence-corrected chi connectivity index (χ1v) is 6.91. The van der Waals surface area contributed by atoms with Crippen molar-refractivity contribution in [3.63, 3.8) is 0 Å². The number of hydrogen-bond donors (Lipinski definition) is 1. The van der Waals surface area contributed by atoms with Crippen LogP contribution in [0, 0.1) is 13.8 Å². The van der Waals surface area contributed by atoms with E-state index in [1.54, 1.807) is 0 Å². The first-order valence-electron chi connectivity index (χ1n) is 6.53. The van der Waals surface area contributed by atoms with Gasteiger partial charge in [-0.15, -0.1) is 0 Å². The fraction of sp³-hybridized carbons (Fsp3) is 0.400. The molecule has 4 heteroatoms. The molecule has 1 aromatic carbocycles. The fourth-order valence-electron chi connectivity index (χ4n) is 2.00. The van der Waals surface area contributed by atoms with E-state index in [-0.39, 0.29) is 0 Å². The van der Waals surface area contributed by atoms with Crippen molar-refractivity contribution in [2.45, 2.75) is 40.3 Å². The van der Waals surface area contributed by atoms with Gasteiger partial charge in [-0.3, -0.25) is 0 Å². The highest BCUT2D eigenvalue weighted by molar-refractivity contribution is 6.31. The number of halogens is 1. The Balaban J connectivity index is 2.30. The van der Waals surface area contributed by atoms with Crippen LogP contribution in [0.15, 0.2) is 24.3 Å². The summed E-state index contributed by atoms with van der Waals surface area (Å²) in [6, 6.07) is 8.84. The molecule has 0 saturated heterocycles. The van der Waals surface area contributed by atoms with Gasteiger partial charge in [-0.2, -0.15) is 5.10 Å². The number of hydrogen-bond acceptors (Lipinski definition) is 2. The van der Waals surface area contributed by atoms with Crippen LogP contribution in [0.25, 0.3) is 5.69 Å². The molecule has 1 N–H and O–H groups in total. The van der Waals surface area contributed by atoms with Crippen molar-refractivity contribution in [2.75, 3.05) is 0 Å². The van der Waals surface area contributed by atoms with E-state index >= 15 is 0 Å². The normalized spacial score (nSPS) is 11.3. The van der Waals surface area contributed by atoms with Crippen LogP contribution >= 0.6 is 11.6 Å². The van der Waals surface area contributed by atoms with Gasteiger partial charge >= 0.3 is 0 Å². The third-order valence-electron chi connectivity index (χ3n) is 3.07. The van der Waals surface area contributed by atoms with Gasteiger partial charge in [-0.1, -0.05) is 37.6 Å². The average Bonchev–Trinajstić information content (AvgIpc) is 2.64. The maximum absolute atomic E-state index is 6.20. The van der Waals surface area contributed by atoms with Crippen molar-refractivity contribution >= 4 is 11.6 Å². The number of aromatic nitrogens is 2. The zero-order valence-electron chi connectivity index (χ0n) is 11.9. The summed E-state index contributed by atoms with van der Waals surface area (Å²) in [6.45, 7) is 9.06. The third-order valence-corrected chi connectivity index (χ3v) is 3.62. The van der Waals surface area contributed by atoms with Gasteiger partial charge in [0.2, 0.25) is 0 Å². The molecule has 0 amide bonds. The molecular formula is C15H20ClN3. The standard InChI is InChI=1S/C15H20ClN3/c1-10(2)17-9-13-6-5-7-14(8-13)19-12(4)15(16)11(3)18-19/h5-8,10,17H,9H2,1-4H3. The minimum Gasteiger partial charge on any atom is -0.310 e. The number of nitrogens with zero attached hydrogens (tertiary/aromatic N) is 2. The zero-order valence-corrected chi connectivity index (χ0v) is 12.6. The molecule has 102 valence electrons. The summed E-state index contributed by atoms with van der Waals surface area (Å²) in [4.78, 5) is 0. The molecule has 0 aliphatic rings. The van der Waals surface area contributed by atoms with E-state index in [9.17, 15) is 0 Å². The summed E-state index contributed by atoms with van der Waals surface area (Å²) in [5, 5.41) is 8.64. The lowest BCUT2D eigenvalue weighted by molar-refractivity contribution is 0.588. The Morgan fingerprint density at radius 1 is 1.32 bits per heavy atom. The molecule has 0 atom stereocenters. The monoisotopic (exact) mass is 277 g/mol. The summed E-state index contributed by atoms with van der Waals surface area (Å²) in [7, 11) is 0. The summed E-state index contributed by atoms with van der Waals surface area (Å²) >= 11 is 6.20. The summed E-state index contributed by atoms with van der Waals surface area (Å²) in [5.74, 6) is 0. The second-order valence-electron chi connectivity index (χ2n) is 5.10. The summed E-state index contributed by atoms with van der Waals surface area (Å²) < 4.78 is 1.90. The second-order valence-corrected chi connectivity index (χ2v) is 5.48. The molecule has 1 heterocycles. The largest absolute Gasteiger partial charge is 0.310 e. The highest BCUT2D eigenvalue weighted by atomic mass is 35.5. The van der Waals surface area contributed by atoms with Gasteiger partial charge in [0, 0.05) is 12.6 Å². The molecule has 3 nitrogen and oxygen atoms in total. The quantitative estimate of drug-likeness (QED) is 0.925. The fourth-order valence-corrected chi connectivity index (χ4v) is 2.11. The van der Waals surface area contributed by atoms with E-state index < -0.39 is 0 Å². The number of rotatable bonds is 4. The van der Waals surface area contributed by atoms with E-state index in [2.05, 4.69) is 48.5 Å². The molecule has 0 aliphatic carbocycles. The minimum atomic E-state index is 0.479. The first kappa shape index (κ1) is 14.1. The van der Waals surface area contributed by atoms with Crippen LogP contribution in [-0.4, -0.2) is 15.8 Å². The highest BCUT2D eigenvalue weighted by Gasteiger charge is 2.10. The zero-order chi connectivity index (χ0) is 14.0. The van der Waals surface area contributed by atoms with Crippen LogP contribution in [0.1, 0.15) is 30.8 Å². The maximum Gasteiger partial charge on any atom is 0.0848 e. The molecule has 0 saturated carbocycles. The SMILES string of the molecule is Cc1nn(-c2cccc(CNC(C)C)c2)c(C)c1Cl. The van der Waals surface area contributed by atoms with Crippen LogP contribution in [-0.2, 0) is 6.54 Å². The van der Waals surface area contributed by atoms with E-state index in [1.165, 1.54) is 5.56 Å². The Labute approximate surface area is 119 Å². The van der Waals surface area contributed by atoms with Crippen molar-refractivity contribution in [3.8, 4) is 5.69 Å². The Morgan fingerprint density at radius 3 is 2.63 bits per heavy atom. The molecule has 0 bridgehead atoms. The van der Waals surface area contributed by atoms with Crippen LogP contribution in [0.4, 0.5) is 0 Å². The van der Waals surface area contributed by atoms with Crippen LogP contribution in [0.2, 0.25) is 5.02 Å². The van der Waals surface area contributed by atoms with Crippen LogP contribution in [0.5, 0.6) is 0 Å². The lowest BCUT2D eigenvalue weighted by atomic mass is 10.2. The molecule has 1 aromatic heterocycles. The average molecular weight is 278 g/mol. The van der Waals surface area contributed by atoms with Crippen molar-refractivity contribution in [1.29, 1.82) is 0 Å². The van der Waals surface area contributed by atoms with Gasteiger partial charge in [0.05, 0.1) is 22.1 Å². The lowest BCUT2D eigenvalue weighted by Gasteiger charge is -2.10. The first-order chi connectivity index (χ1) is 8.99. The van der Waals surface area contributed by atoms with Crippen molar-refractivity contribution in [2.24, 2.45) is 0 Å². The predicted octanol–water partition coefficient (Wildman–Crippen LogP) is 3.64. The molecule has 19 heavy (non-hydrogen) atoms. The molecule has 0 fully saturated rings. The molecule has 0 unspecified atom stereocenters. The Hall–Kier alpha value is -1.32. The van der Waals surface area contributed by atoms with Crippen molar-refractivity contribution in [3.05, 3.63) is 46.2 Å². The van der Waals surface area contributed by atoms with E-state index in [0.29, 0.717) is 6.04 Å². The highest BCUT2D eigenvalue weighted by Crippen LogP contribution is 2.22. The van der Waals surface area contributed by atoms with Gasteiger partial charge < -0.3 is 5.32 Å². The predicted molar refractivity (Wildman–Crippen MR) is 80.0 cm³/mol. The molecule has 2 rings (SSSR count). The van der Waals surface area contributed by atoms with Gasteiger partial charge in [0.15, 0.2) is 0 Å². The lowest BCUT2D eigenvalue weighted by Crippen LogP contribution is -2.21. The van der Waals surface area contributed by atoms with E-state index in [4.69, 9.17) is 11.6 Å².